The molecule has 0 aromatic heterocycles. The molecule has 2 saturated heterocycles. The van der Waals surface area contributed by atoms with Gasteiger partial charge in [0, 0.05) is 36.6 Å². The molecule has 2 aliphatic rings. The molecule has 0 aliphatic carbocycles. The number of likely N-dealkylation sites (tertiary alicyclic amines) is 1. The van der Waals surface area contributed by atoms with Crippen molar-refractivity contribution in [2.24, 2.45) is 0 Å². The molecule has 2 heterocycles. The summed E-state index contributed by atoms with van der Waals surface area (Å²) in [5.74, 6) is 0.0932. The van der Waals surface area contributed by atoms with Gasteiger partial charge in [-0.3, -0.25) is 19.8 Å². The van der Waals surface area contributed by atoms with Crippen molar-refractivity contribution < 1.29 is 9.59 Å². The second kappa shape index (κ2) is 8.17. The third kappa shape index (κ3) is 4.93. The Morgan fingerprint density at radius 1 is 1.32 bits per heavy atom. The van der Waals surface area contributed by atoms with Gasteiger partial charge in [-0.25, -0.2) is 0 Å². The van der Waals surface area contributed by atoms with Gasteiger partial charge in [-0.15, -0.1) is 0 Å². The molecule has 1 aromatic carbocycles. The fourth-order valence-electron chi connectivity index (χ4n) is 3.45. The van der Waals surface area contributed by atoms with Crippen LogP contribution in [0.15, 0.2) is 24.3 Å². The molecule has 0 spiro atoms. The van der Waals surface area contributed by atoms with Crippen LogP contribution >= 0.6 is 11.6 Å². The topological polar surface area (TPSA) is 73.5 Å². The minimum Gasteiger partial charge on any atom is -0.353 e. The van der Waals surface area contributed by atoms with Crippen LogP contribution in [-0.2, 0) is 16.0 Å². The van der Waals surface area contributed by atoms with Crippen LogP contribution in [0.4, 0.5) is 0 Å². The normalized spacial score (nSPS) is 25.4. The third-order valence-electron chi connectivity index (χ3n) is 4.80. The molecule has 1 aromatic rings. The minimum atomic E-state index is -0.101. The Kier molecular flexibility index (Phi) is 5.93. The highest BCUT2D eigenvalue weighted by molar-refractivity contribution is 6.31. The molecule has 0 radical (unpaired) electrons. The van der Waals surface area contributed by atoms with E-state index in [0.717, 1.165) is 31.5 Å². The molecule has 3 rings (SSSR count). The summed E-state index contributed by atoms with van der Waals surface area (Å²) < 4.78 is 0. The molecule has 25 heavy (non-hydrogen) atoms. The maximum absolute atomic E-state index is 12.2. The van der Waals surface area contributed by atoms with E-state index in [1.54, 1.807) is 6.07 Å². The molecule has 7 heteroatoms. The van der Waals surface area contributed by atoms with Crippen molar-refractivity contribution in [1.82, 2.24) is 20.9 Å². The van der Waals surface area contributed by atoms with Gasteiger partial charge in [-0.2, -0.15) is 0 Å². The molecule has 2 atom stereocenters. The second-order valence-electron chi connectivity index (χ2n) is 6.89. The zero-order valence-electron chi connectivity index (χ0n) is 14.4. The highest BCUT2D eigenvalue weighted by Crippen LogP contribution is 2.17. The van der Waals surface area contributed by atoms with Crippen molar-refractivity contribution in [3.05, 3.63) is 34.9 Å². The Morgan fingerprint density at radius 2 is 2.04 bits per heavy atom. The van der Waals surface area contributed by atoms with Crippen molar-refractivity contribution >= 4 is 23.4 Å². The number of piperidine rings is 1. The van der Waals surface area contributed by atoms with Crippen molar-refractivity contribution in [1.29, 1.82) is 0 Å². The van der Waals surface area contributed by atoms with Gasteiger partial charge in [0.2, 0.25) is 11.8 Å². The van der Waals surface area contributed by atoms with E-state index in [2.05, 4.69) is 20.9 Å². The summed E-state index contributed by atoms with van der Waals surface area (Å²) in [6.45, 7) is 3.69. The molecule has 2 fully saturated rings. The summed E-state index contributed by atoms with van der Waals surface area (Å²) in [6, 6.07) is 7.78. The van der Waals surface area contributed by atoms with E-state index < -0.39 is 0 Å². The Bertz CT molecular complexity index is 631. The SMILES string of the molecule is CC1CC(=O)NC(N2CCC(NC(=O)Cc3ccccc3Cl)CC2)N1. The first-order chi connectivity index (χ1) is 12.0. The van der Waals surface area contributed by atoms with Crippen LogP contribution in [-0.4, -0.2) is 48.2 Å². The van der Waals surface area contributed by atoms with E-state index in [9.17, 15) is 9.59 Å². The first-order valence-corrected chi connectivity index (χ1v) is 9.21. The number of nitrogens with one attached hydrogen (secondary N) is 3. The smallest absolute Gasteiger partial charge is 0.224 e. The van der Waals surface area contributed by atoms with Gasteiger partial charge in [0.15, 0.2) is 0 Å². The van der Waals surface area contributed by atoms with Gasteiger partial charge < -0.3 is 10.6 Å². The lowest BCUT2D eigenvalue weighted by Crippen LogP contribution is -2.65. The van der Waals surface area contributed by atoms with Crippen molar-refractivity contribution in [2.75, 3.05) is 13.1 Å². The van der Waals surface area contributed by atoms with Gasteiger partial charge in [0.25, 0.3) is 0 Å². The summed E-state index contributed by atoms with van der Waals surface area (Å²) >= 11 is 6.11. The first kappa shape index (κ1) is 18.2. The molecule has 136 valence electrons. The largest absolute Gasteiger partial charge is 0.353 e. The average Bonchev–Trinajstić information content (AvgIpc) is 2.57. The Hall–Kier alpha value is -1.63. The van der Waals surface area contributed by atoms with Gasteiger partial charge in [0.1, 0.15) is 6.29 Å². The van der Waals surface area contributed by atoms with Crippen LogP contribution in [0.1, 0.15) is 31.7 Å². The molecule has 2 amide bonds. The van der Waals surface area contributed by atoms with E-state index >= 15 is 0 Å². The van der Waals surface area contributed by atoms with Crippen molar-refractivity contribution in [3.8, 4) is 0 Å². The van der Waals surface area contributed by atoms with Gasteiger partial charge >= 0.3 is 0 Å². The van der Waals surface area contributed by atoms with Crippen molar-refractivity contribution in [2.45, 2.75) is 51.0 Å². The number of carbonyl (C=O) groups excluding carboxylic acids is 2. The highest BCUT2D eigenvalue weighted by atomic mass is 35.5. The second-order valence-corrected chi connectivity index (χ2v) is 7.30. The summed E-state index contributed by atoms with van der Waals surface area (Å²) in [4.78, 5) is 26.2. The van der Waals surface area contributed by atoms with Crippen LogP contribution in [0.25, 0.3) is 0 Å². The number of nitrogens with zero attached hydrogens (tertiary/aromatic N) is 1. The predicted octanol–water partition coefficient (Wildman–Crippen LogP) is 1.24. The standard InChI is InChI=1S/C18H25ClN4O2/c1-12-10-16(24)22-18(20-12)23-8-6-14(7-9-23)21-17(25)11-13-4-2-3-5-15(13)19/h2-5,12,14,18,20H,6-11H2,1H3,(H,21,25)(H,22,24). The zero-order valence-corrected chi connectivity index (χ0v) is 15.2. The Labute approximate surface area is 153 Å². The van der Waals surface area contributed by atoms with Gasteiger partial charge in [-0.1, -0.05) is 29.8 Å². The maximum atomic E-state index is 12.2. The van der Waals surface area contributed by atoms with Crippen molar-refractivity contribution in [3.63, 3.8) is 0 Å². The molecule has 6 nitrogen and oxygen atoms in total. The fraction of sp³-hybridized carbons (Fsp3) is 0.556. The molecule has 2 aliphatic heterocycles. The summed E-state index contributed by atoms with van der Waals surface area (Å²) in [5.41, 5.74) is 0.849. The lowest BCUT2D eigenvalue weighted by Gasteiger charge is -2.41. The number of hydrogen-bond donors (Lipinski definition) is 3. The number of rotatable bonds is 4. The van der Waals surface area contributed by atoms with E-state index in [-0.39, 0.29) is 30.2 Å². The third-order valence-corrected chi connectivity index (χ3v) is 5.17. The summed E-state index contributed by atoms with van der Waals surface area (Å²) in [6.07, 6.45) is 2.46. The lowest BCUT2D eigenvalue weighted by molar-refractivity contribution is -0.127. The van der Waals surface area contributed by atoms with Crippen LogP contribution < -0.4 is 16.0 Å². The van der Waals surface area contributed by atoms with Gasteiger partial charge in [-0.05, 0) is 31.4 Å². The van der Waals surface area contributed by atoms with Gasteiger partial charge in [0.05, 0.1) is 6.42 Å². The number of carbonyl (C=O) groups is 2. The quantitative estimate of drug-likeness (QED) is 0.751. The molecule has 3 N–H and O–H groups in total. The lowest BCUT2D eigenvalue weighted by atomic mass is 10.0. The monoisotopic (exact) mass is 364 g/mol. The maximum Gasteiger partial charge on any atom is 0.224 e. The number of hydrogen-bond acceptors (Lipinski definition) is 4. The van der Waals surface area contributed by atoms with Crippen LogP contribution in [0.5, 0.6) is 0 Å². The molecular weight excluding hydrogens is 340 g/mol. The first-order valence-electron chi connectivity index (χ1n) is 8.83. The molecular formula is C18H25ClN4O2. The summed E-state index contributed by atoms with van der Waals surface area (Å²) in [5, 5.41) is 10.1. The van der Waals surface area contributed by atoms with Crippen LogP contribution in [0.2, 0.25) is 5.02 Å². The van der Waals surface area contributed by atoms with Crippen LogP contribution in [0.3, 0.4) is 0 Å². The Morgan fingerprint density at radius 3 is 2.72 bits per heavy atom. The zero-order chi connectivity index (χ0) is 17.8. The highest BCUT2D eigenvalue weighted by Gasteiger charge is 2.30. The van der Waals surface area contributed by atoms with E-state index in [1.807, 2.05) is 25.1 Å². The predicted molar refractivity (Wildman–Crippen MR) is 97.0 cm³/mol. The molecule has 0 bridgehead atoms. The Balaban J connectivity index is 1.45. The number of halogens is 1. The van der Waals surface area contributed by atoms with Crippen LogP contribution in [0, 0.1) is 0 Å². The molecule has 2 unspecified atom stereocenters. The fourth-order valence-corrected chi connectivity index (χ4v) is 3.65. The minimum absolute atomic E-state index is 0.00395. The average molecular weight is 365 g/mol. The summed E-state index contributed by atoms with van der Waals surface area (Å²) in [7, 11) is 0. The van der Waals surface area contributed by atoms with E-state index in [1.165, 1.54) is 0 Å². The molecule has 0 saturated carbocycles. The number of amides is 2. The van der Waals surface area contributed by atoms with E-state index in [0.29, 0.717) is 17.9 Å². The number of benzene rings is 1. The van der Waals surface area contributed by atoms with E-state index in [4.69, 9.17) is 11.6 Å².